The molecule has 20 heavy (non-hydrogen) atoms. The van der Waals surface area contributed by atoms with Crippen molar-refractivity contribution in [3.63, 3.8) is 0 Å². The van der Waals surface area contributed by atoms with Gasteiger partial charge in [-0.1, -0.05) is 19.1 Å². The highest BCUT2D eigenvalue weighted by Crippen LogP contribution is 2.26. The minimum Gasteiger partial charge on any atom is -0.345 e. The molecular weight excluding hydrogens is 256 g/mol. The highest BCUT2D eigenvalue weighted by molar-refractivity contribution is 6.10. The monoisotopic (exact) mass is 272 g/mol. The summed E-state index contributed by atoms with van der Waals surface area (Å²) in [6, 6.07) is 5.55. The third-order valence-corrected chi connectivity index (χ3v) is 3.79. The first-order valence-corrected chi connectivity index (χ1v) is 6.56. The summed E-state index contributed by atoms with van der Waals surface area (Å²) in [4.78, 5) is 26.0. The number of H-pyrrole nitrogens is 1. The summed E-state index contributed by atoms with van der Waals surface area (Å²) in [6.07, 6.45) is 1.70. The van der Waals surface area contributed by atoms with Crippen LogP contribution in [-0.4, -0.2) is 40.5 Å². The van der Waals surface area contributed by atoms with Gasteiger partial charge in [0.1, 0.15) is 5.92 Å². The molecule has 6 nitrogen and oxygen atoms in total. The second-order valence-electron chi connectivity index (χ2n) is 5.30. The molecule has 2 amide bonds. The highest BCUT2D eigenvalue weighted by Gasteiger charge is 2.40. The summed E-state index contributed by atoms with van der Waals surface area (Å²) in [6.45, 7) is 2.54. The van der Waals surface area contributed by atoms with Crippen molar-refractivity contribution < 1.29 is 9.59 Å². The van der Waals surface area contributed by atoms with Crippen molar-refractivity contribution in [2.75, 3.05) is 18.9 Å². The van der Waals surface area contributed by atoms with E-state index >= 15 is 0 Å². The smallest absolute Gasteiger partial charge is 0.237 e. The van der Waals surface area contributed by atoms with Gasteiger partial charge < -0.3 is 10.2 Å². The number of fused-ring (bicyclic) bond motifs is 1. The van der Waals surface area contributed by atoms with E-state index in [1.165, 1.54) is 0 Å². The number of benzene rings is 1. The number of nitrogens with one attached hydrogen (secondary N) is 2. The van der Waals surface area contributed by atoms with Gasteiger partial charge in [-0.05, 0) is 12.0 Å². The van der Waals surface area contributed by atoms with Gasteiger partial charge in [0.2, 0.25) is 11.8 Å². The van der Waals surface area contributed by atoms with Crippen molar-refractivity contribution >= 4 is 28.4 Å². The number of amides is 2. The van der Waals surface area contributed by atoms with Crippen molar-refractivity contribution in [1.29, 1.82) is 0 Å². The van der Waals surface area contributed by atoms with Crippen molar-refractivity contribution in [3.8, 4) is 0 Å². The lowest BCUT2D eigenvalue weighted by Crippen LogP contribution is -2.32. The Balaban J connectivity index is 1.86. The Morgan fingerprint density at radius 3 is 3.00 bits per heavy atom. The number of nitrogens with zero attached hydrogens (tertiary/aromatic N) is 2. The van der Waals surface area contributed by atoms with Crippen molar-refractivity contribution in [2.24, 2.45) is 11.8 Å². The van der Waals surface area contributed by atoms with Crippen molar-refractivity contribution in [1.82, 2.24) is 15.1 Å². The van der Waals surface area contributed by atoms with Crippen LogP contribution in [0.5, 0.6) is 0 Å². The Hall–Kier alpha value is -2.37. The SMILES string of the molecule is C[C@@H]1CN(C)C(=O)[C@H]1C(=O)Nc1cccc2cn[nH]c12. The number of carbonyl (C=O) groups is 2. The molecule has 2 heterocycles. The number of hydrogen-bond acceptors (Lipinski definition) is 3. The lowest BCUT2D eigenvalue weighted by molar-refractivity contribution is -0.135. The quantitative estimate of drug-likeness (QED) is 0.807. The number of likely N-dealkylation sites (tertiary alicyclic amines) is 1. The molecule has 2 atom stereocenters. The molecule has 0 aliphatic carbocycles. The summed E-state index contributed by atoms with van der Waals surface area (Å²) < 4.78 is 0. The zero-order chi connectivity index (χ0) is 14.3. The van der Waals surface area contributed by atoms with Crippen LogP contribution in [0.1, 0.15) is 6.92 Å². The lowest BCUT2D eigenvalue weighted by atomic mass is 9.96. The van der Waals surface area contributed by atoms with Crippen LogP contribution in [0.15, 0.2) is 24.4 Å². The van der Waals surface area contributed by atoms with E-state index in [9.17, 15) is 9.59 Å². The van der Waals surface area contributed by atoms with E-state index in [0.29, 0.717) is 12.2 Å². The molecule has 1 saturated heterocycles. The molecule has 0 saturated carbocycles. The molecule has 1 aliphatic heterocycles. The van der Waals surface area contributed by atoms with Gasteiger partial charge in [0.05, 0.1) is 17.4 Å². The molecular formula is C14H16N4O2. The van der Waals surface area contributed by atoms with Crippen LogP contribution in [0.2, 0.25) is 0 Å². The lowest BCUT2D eigenvalue weighted by Gasteiger charge is -2.13. The number of aromatic nitrogens is 2. The topological polar surface area (TPSA) is 78.1 Å². The molecule has 1 aromatic heterocycles. The Bertz CT molecular complexity index is 679. The van der Waals surface area contributed by atoms with E-state index in [-0.39, 0.29) is 17.7 Å². The van der Waals surface area contributed by atoms with Crippen molar-refractivity contribution in [3.05, 3.63) is 24.4 Å². The molecule has 2 N–H and O–H groups in total. The Kier molecular flexibility index (Phi) is 2.93. The zero-order valence-corrected chi connectivity index (χ0v) is 11.4. The Morgan fingerprint density at radius 1 is 1.50 bits per heavy atom. The third kappa shape index (κ3) is 1.93. The van der Waals surface area contributed by atoms with Gasteiger partial charge in [-0.15, -0.1) is 0 Å². The van der Waals surface area contributed by atoms with Crippen LogP contribution in [0.4, 0.5) is 5.69 Å². The first-order valence-electron chi connectivity index (χ1n) is 6.56. The van der Waals surface area contributed by atoms with Crippen LogP contribution in [-0.2, 0) is 9.59 Å². The molecule has 6 heteroatoms. The first kappa shape index (κ1) is 12.7. The van der Waals surface area contributed by atoms with Gasteiger partial charge in [-0.25, -0.2) is 0 Å². The van der Waals surface area contributed by atoms with E-state index in [1.54, 1.807) is 24.2 Å². The fourth-order valence-electron chi connectivity index (χ4n) is 2.76. The van der Waals surface area contributed by atoms with Gasteiger partial charge in [0.25, 0.3) is 0 Å². The third-order valence-electron chi connectivity index (χ3n) is 3.79. The maximum atomic E-state index is 12.4. The summed E-state index contributed by atoms with van der Waals surface area (Å²) in [5.74, 6) is -0.965. The fraction of sp³-hybridized carbons (Fsp3) is 0.357. The molecule has 3 rings (SSSR count). The standard InChI is InChI=1S/C14H16N4O2/c1-8-7-18(2)14(20)11(8)13(19)16-10-5-3-4-9-6-15-17-12(9)10/h3-6,8,11H,7H2,1-2H3,(H,15,17)(H,16,19)/t8-,11-/m1/s1. The molecule has 1 aliphatic rings. The average molecular weight is 272 g/mol. The summed E-state index contributed by atoms with van der Waals surface area (Å²) in [5, 5.41) is 10.6. The molecule has 104 valence electrons. The number of rotatable bonds is 2. The van der Waals surface area contributed by atoms with Gasteiger partial charge in [0.15, 0.2) is 0 Å². The predicted octanol–water partition coefficient (Wildman–Crippen LogP) is 1.23. The molecule has 1 fully saturated rings. The predicted molar refractivity (Wildman–Crippen MR) is 75.0 cm³/mol. The molecule has 0 unspecified atom stereocenters. The molecule has 0 spiro atoms. The molecule has 2 aromatic rings. The molecule has 0 radical (unpaired) electrons. The van der Waals surface area contributed by atoms with Gasteiger partial charge in [0, 0.05) is 19.0 Å². The van der Waals surface area contributed by atoms with Crippen LogP contribution in [0, 0.1) is 11.8 Å². The van der Waals surface area contributed by atoms with Gasteiger partial charge in [-0.2, -0.15) is 5.10 Å². The fourth-order valence-corrected chi connectivity index (χ4v) is 2.76. The summed E-state index contributed by atoms with van der Waals surface area (Å²) >= 11 is 0. The van der Waals surface area contributed by atoms with E-state index in [4.69, 9.17) is 0 Å². The number of para-hydroxylation sites is 1. The second-order valence-corrected chi connectivity index (χ2v) is 5.30. The van der Waals surface area contributed by atoms with Crippen LogP contribution < -0.4 is 5.32 Å². The Morgan fingerprint density at radius 2 is 2.30 bits per heavy atom. The van der Waals surface area contributed by atoms with Crippen LogP contribution in [0.25, 0.3) is 10.9 Å². The molecule has 0 bridgehead atoms. The first-order chi connectivity index (χ1) is 9.58. The van der Waals surface area contributed by atoms with Crippen LogP contribution >= 0.6 is 0 Å². The average Bonchev–Trinajstić information content (AvgIpc) is 2.96. The minimum absolute atomic E-state index is 0.0217. The maximum Gasteiger partial charge on any atom is 0.237 e. The summed E-state index contributed by atoms with van der Waals surface area (Å²) in [7, 11) is 1.72. The van der Waals surface area contributed by atoms with E-state index in [0.717, 1.165) is 10.9 Å². The highest BCUT2D eigenvalue weighted by atomic mass is 16.2. The van der Waals surface area contributed by atoms with Gasteiger partial charge in [-0.3, -0.25) is 14.7 Å². The van der Waals surface area contributed by atoms with Crippen molar-refractivity contribution in [2.45, 2.75) is 6.92 Å². The van der Waals surface area contributed by atoms with Crippen LogP contribution in [0.3, 0.4) is 0 Å². The number of hydrogen-bond donors (Lipinski definition) is 2. The van der Waals surface area contributed by atoms with E-state index in [2.05, 4.69) is 15.5 Å². The summed E-state index contributed by atoms with van der Waals surface area (Å²) in [5.41, 5.74) is 1.42. The van der Waals surface area contributed by atoms with Gasteiger partial charge >= 0.3 is 0 Å². The number of anilines is 1. The largest absolute Gasteiger partial charge is 0.345 e. The zero-order valence-electron chi connectivity index (χ0n) is 11.4. The minimum atomic E-state index is -0.613. The van der Waals surface area contributed by atoms with E-state index < -0.39 is 5.92 Å². The van der Waals surface area contributed by atoms with E-state index in [1.807, 2.05) is 19.1 Å². The Labute approximate surface area is 116 Å². The number of carbonyl (C=O) groups excluding carboxylic acids is 2. The maximum absolute atomic E-state index is 12.4. The normalized spacial score (nSPS) is 22.5. The second kappa shape index (κ2) is 4.63. The number of aromatic amines is 1. The molecule has 1 aromatic carbocycles.